The monoisotopic (exact) mass is 208 g/mol. The molecule has 5 heteroatoms. The largest absolute Gasteiger partial charge is 0.318 e. The minimum absolute atomic E-state index is 0.0152. The van der Waals surface area contributed by atoms with E-state index in [4.69, 9.17) is 5.73 Å². The fourth-order valence-corrected chi connectivity index (χ4v) is 1.84. The quantitative estimate of drug-likeness (QED) is 0.729. The van der Waals surface area contributed by atoms with E-state index in [-0.39, 0.29) is 18.0 Å². The summed E-state index contributed by atoms with van der Waals surface area (Å²) in [6.45, 7) is 4.92. The maximum atomic E-state index is 11.5. The second kappa shape index (κ2) is 3.66. The van der Waals surface area contributed by atoms with Gasteiger partial charge in [-0.15, -0.1) is 0 Å². The number of carbonyl (C=O) groups excluding carboxylic acids is 1. The molecule has 2 atom stereocenters. The van der Waals surface area contributed by atoms with Gasteiger partial charge in [0.05, 0.1) is 17.9 Å². The molecule has 15 heavy (non-hydrogen) atoms. The van der Waals surface area contributed by atoms with Crippen molar-refractivity contribution in [1.82, 2.24) is 9.78 Å². The lowest BCUT2D eigenvalue weighted by atomic mass is 9.97. The summed E-state index contributed by atoms with van der Waals surface area (Å²) < 4.78 is 1.85. The van der Waals surface area contributed by atoms with Crippen LogP contribution >= 0.6 is 0 Å². The predicted molar refractivity (Wildman–Crippen MR) is 57.4 cm³/mol. The molecule has 1 fully saturated rings. The highest BCUT2D eigenvalue weighted by Gasteiger charge is 2.43. The Hall–Kier alpha value is -1.36. The Morgan fingerprint density at radius 2 is 2.33 bits per heavy atom. The molecule has 1 aliphatic rings. The Morgan fingerprint density at radius 1 is 1.60 bits per heavy atom. The highest BCUT2D eigenvalue weighted by atomic mass is 16.2. The second-order valence-corrected chi connectivity index (χ2v) is 3.94. The summed E-state index contributed by atoms with van der Waals surface area (Å²) in [5.41, 5.74) is 6.49. The van der Waals surface area contributed by atoms with E-state index < -0.39 is 0 Å². The van der Waals surface area contributed by atoms with Gasteiger partial charge in [-0.25, -0.2) is 0 Å². The van der Waals surface area contributed by atoms with Gasteiger partial charge < -0.3 is 10.6 Å². The van der Waals surface area contributed by atoms with Crippen molar-refractivity contribution in [2.75, 3.05) is 4.90 Å². The third kappa shape index (κ3) is 1.52. The van der Waals surface area contributed by atoms with Gasteiger partial charge in [0.15, 0.2) is 0 Å². The number of amides is 1. The third-order valence-corrected chi connectivity index (χ3v) is 2.80. The molecule has 0 bridgehead atoms. The van der Waals surface area contributed by atoms with Gasteiger partial charge in [-0.3, -0.25) is 9.48 Å². The molecule has 0 radical (unpaired) electrons. The number of β-lactam (4-membered cyclic amide) rings is 1. The van der Waals surface area contributed by atoms with Crippen LogP contribution in [0, 0.1) is 0 Å². The van der Waals surface area contributed by atoms with E-state index in [0.29, 0.717) is 0 Å². The van der Waals surface area contributed by atoms with E-state index in [1.54, 1.807) is 11.1 Å². The van der Waals surface area contributed by atoms with Crippen LogP contribution in [0.2, 0.25) is 0 Å². The van der Waals surface area contributed by atoms with Gasteiger partial charge in [-0.05, 0) is 13.3 Å². The molecule has 5 nitrogen and oxygen atoms in total. The Kier molecular flexibility index (Phi) is 2.48. The van der Waals surface area contributed by atoms with Crippen molar-refractivity contribution < 1.29 is 4.79 Å². The molecule has 2 rings (SSSR count). The highest BCUT2D eigenvalue weighted by molar-refractivity contribution is 6.04. The van der Waals surface area contributed by atoms with Crippen molar-refractivity contribution >= 4 is 11.6 Å². The second-order valence-electron chi connectivity index (χ2n) is 3.94. The van der Waals surface area contributed by atoms with Gasteiger partial charge in [0.1, 0.15) is 6.04 Å². The van der Waals surface area contributed by atoms with Crippen LogP contribution in [-0.2, 0) is 11.3 Å². The van der Waals surface area contributed by atoms with Crippen molar-refractivity contribution in [1.29, 1.82) is 0 Å². The highest BCUT2D eigenvalue weighted by Crippen LogP contribution is 2.26. The summed E-state index contributed by atoms with van der Waals surface area (Å²) in [5, 5.41) is 4.18. The number of rotatable bonds is 3. The maximum absolute atomic E-state index is 11.5. The van der Waals surface area contributed by atoms with E-state index in [2.05, 4.69) is 12.0 Å². The molecule has 0 aromatic carbocycles. The summed E-state index contributed by atoms with van der Waals surface area (Å²) in [6, 6.07) is -0.267. The summed E-state index contributed by atoms with van der Waals surface area (Å²) >= 11 is 0. The first-order valence-electron chi connectivity index (χ1n) is 5.26. The predicted octanol–water partition coefficient (Wildman–Crippen LogP) is 0.356. The zero-order valence-electron chi connectivity index (χ0n) is 9.05. The first-order chi connectivity index (χ1) is 7.15. The normalized spacial score (nSPS) is 25.5. The van der Waals surface area contributed by atoms with Crippen LogP contribution in [0.3, 0.4) is 0 Å². The number of nitrogens with zero attached hydrogens (tertiary/aromatic N) is 3. The number of nitrogens with two attached hydrogens (primary N) is 1. The summed E-state index contributed by atoms with van der Waals surface area (Å²) in [7, 11) is 0. The van der Waals surface area contributed by atoms with Crippen LogP contribution in [0.15, 0.2) is 12.4 Å². The molecule has 0 saturated carbocycles. The van der Waals surface area contributed by atoms with Crippen LogP contribution in [0.1, 0.15) is 20.3 Å². The van der Waals surface area contributed by atoms with E-state index >= 15 is 0 Å². The Labute approximate surface area is 88.8 Å². The van der Waals surface area contributed by atoms with Crippen LogP contribution in [-0.4, -0.2) is 27.8 Å². The molecular weight excluding hydrogens is 192 g/mol. The summed E-state index contributed by atoms with van der Waals surface area (Å²) in [4.78, 5) is 13.2. The lowest BCUT2D eigenvalue weighted by Gasteiger charge is -2.42. The Balaban J connectivity index is 2.13. The number of hydrogen-bond acceptors (Lipinski definition) is 3. The van der Waals surface area contributed by atoms with Crippen LogP contribution in [0.4, 0.5) is 5.69 Å². The molecule has 0 aliphatic carbocycles. The van der Waals surface area contributed by atoms with Gasteiger partial charge >= 0.3 is 0 Å². The molecule has 1 saturated heterocycles. The van der Waals surface area contributed by atoms with Crippen LogP contribution in [0.25, 0.3) is 0 Å². The average Bonchev–Trinajstić information content (AvgIpc) is 2.66. The fourth-order valence-electron chi connectivity index (χ4n) is 1.84. The van der Waals surface area contributed by atoms with E-state index in [0.717, 1.165) is 18.7 Å². The molecule has 82 valence electrons. The van der Waals surface area contributed by atoms with Gasteiger partial charge in [0.25, 0.3) is 0 Å². The van der Waals surface area contributed by atoms with Crippen molar-refractivity contribution in [2.24, 2.45) is 5.73 Å². The van der Waals surface area contributed by atoms with Crippen molar-refractivity contribution in [3.05, 3.63) is 12.4 Å². The zero-order valence-corrected chi connectivity index (χ0v) is 9.05. The lowest BCUT2D eigenvalue weighted by molar-refractivity contribution is -0.125. The van der Waals surface area contributed by atoms with E-state index in [1.165, 1.54) is 0 Å². The molecule has 1 aromatic heterocycles. The SMILES string of the molecule is CCCn1cc(N2C(=O)[C@@H](N)[C@@H]2C)cn1. The average molecular weight is 208 g/mol. The number of hydrogen-bond donors (Lipinski definition) is 1. The number of aryl methyl sites for hydroxylation is 1. The van der Waals surface area contributed by atoms with Gasteiger partial charge in [-0.1, -0.05) is 6.92 Å². The Bertz CT molecular complexity index is 373. The smallest absolute Gasteiger partial charge is 0.246 e. The van der Waals surface area contributed by atoms with Crippen LogP contribution < -0.4 is 10.6 Å². The first-order valence-corrected chi connectivity index (χ1v) is 5.26. The number of carbonyl (C=O) groups is 1. The molecular formula is C10H16N4O. The third-order valence-electron chi connectivity index (χ3n) is 2.80. The van der Waals surface area contributed by atoms with Crippen LogP contribution in [0.5, 0.6) is 0 Å². The Morgan fingerprint density at radius 3 is 2.93 bits per heavy atom. The topological polar surface area (TPSA) is 64.2 Å². The lowest BCUT2D eigenvalue weighted by Crippen LogP contribution is -2.67. The fraction of sp³-hybridized carbons (Fsp3) is 0.600. The summed E-state index contributed by atoms with van der Waals surface area (Å²) in [6.07, 6.45) is 4.64. The molecule has 1 aliphatic heterocycles. The first kappa shape index (κ1) is 10.2. The van der Waals surface area contributed by atoms with Gasteiger partial charge in [0.2, 0.25) is 5.91 Å². The van der Waals surface area contributed by atoms with E-state index in [9.17, 15) is 4.79 Å². The summed E-state index contributed by atoms with van der Waals surface area (Å²) in [5.74, 6) is -0.0152. The number of aromatic nitrogens is 2. The van der Waals surface area contributed by atoms with Crippen molar-refractivity contribution in [2.45, 2.75) is 38.9 Å². The molecule has 2 heterocycles. The minimum Gasteiger partial charge on any atom is -0.318 e. The molecule has 2 N–H and O–H groups in total. The molecule has 0 spiro atoms. The van der Waals surface area contributed by atoms with E-state index in [1.807, 2.05) is 17.8 Å². The minimum atomic E-state index is -0.348. The zero-order chi connectivity index (χ0) is 11.0. The van der Waals surface area contributed by atoms with Crippen molar-refractivity contribution in [3.8, 4) is 0 Å². The molecule has 0 unspecified atom stereocenters. The van der Waals surface area contributed by atoms with Gasteiger partial charge in [-0.2, -0.15) is 5.10 Å². The maximum Gasteiger partial charge on any atom is 0.246 e. The number of anilines is 1. The standard InChI is InChI=1S/C10H16N4O/c1-3-4-13-6-8(5-12-13)14-7(2)9(11)10(14)15/h5-7,9H,3-4,11H2,1-2H3/t7-,9-/m0/s1. The van der Waals surface area contributed by atoms with Gasteiger partial charge in [0, 0.05) is 12.7 Å². The van der Waals surface area contributed by atoms with Crippen molar-refractivity contribution in [3.63, 3.8) is 0 Å². The molecule has 1 amide bonds. The molecule has 1 aromatic rings.